The molecule has 0 saturated carbocycles. The zero-order valence-electron chi connectivity index (χ0n) is 45.7. The monoisotopic (exact) mass is 1020 g/mol. The van der Waals surface area contributed by atoms with Crippen LogP contribution in [-0.4, -0.2) is 144 Å². The molecule has 0 spiro atoms. The average molecular weight is 1030 g/mol. The van der Waals surface area contributed by atoms with E-state index in [1.807, 2.05) is 55.4 Å². The molecule has 1 fully saturated rings. The summed E-state index contributed by atoms with van der Waals surface area (Å²) in [5.74, 6) is -7.25. The quantitative estimate of drug-likeness (QED) is 0.121. The number of carbonyl (C=O) groups excluding carboxylic acids is 8. The lowest BCUT2D eigenvalue weighted by Crippen LogP contribution is -2.55. The summed E-state index contributed by atoms with van der Waals surface area (Å²) in [5, 5.41) is 0. The largest absolute Gasteiger partial charge is 0.451 e. The van der Waals surface area contributed by atoms with E-state index in [1.165, 1.54) is 44.9 Å². The third-order valence-electron chi connectivity index (χ3n) is 13.2. The first-order chi connectivity index (χ1) is 34.9. The maximum absolute atomic E-state index is 15.0. The number of benzene rings is 3. The van der Waals surface area contributed by atoms with Gasteiger partial charge in [0.2, 0.25) is 0 Å². The molecule has 0 radical (unpaired) electrons. The molecular weight excluding hydrogens is 945 g/mol. The molecule has 3 aromatic carbocycles. The lowest BCUT2D eigenvalue weighted by Gasteiger charge is -2.36. The standard InChI is InChI=1S/C58H80N4O12/c1-36(2)29-44-55(67)71-40(9)51(63)59(10)45(30-37(3)4)56(68)72-49(34-42-25-19-15-20-26-42)53(65)61(12)47(32-39(7)8)58(70)74-50(35-43-27-21-16-22-28-43)54(66)62(13)46(31-38(5)6)57(69)73-48(52(64)60(44)11)33-41-23-17-14-18-24-41/h14-28,36-40,44-50H,29-35H2,1-13H3/t40-,44+,45+,46+,47+,48-,49-,50-/m1/s1. The van der Waals surface area contributed by atoms with Crippen molar-refractivity contribution in [2.24, 2.45) is 23.7 Å². The van der Waals surface area contributed by atoms with Crippen molar-refractivity contribution in [3.63, 3.8) is 0 Å². The van der Waals surface area contributed by atoms with Gasteiger partial charge in [-0.3, -0.25) is 19.2 Å². The Hall–Kier alpha value is -6.58. The van der Waals surface area contributed by atoms with Crippen molar-refractivity contribution in [3.8, 4) is 0 Å². The summed E-state index contributed by atoms with van der Waals surface area (Å²) in [6, 6.07) is 21.6. The first kappa shape index (κ1) is 60.0. The molecule has 1 heterocycles. The summed E-state index contributed by atoms with van der Waals surface area (Å²) in [6.07, 6.45) is -5.88. The van der Waals surface area contributed by atoms with Crippen molar-refractivity contribution in [1.82, 2.24) is 19.6 Å². The van der Waals surface area contributed by atoms with Crippen LogP contribution in [0.4, 0.5) is 0 Å². The summed E-state index contributed by atoms with van der Waals surface area (Å²) >= 11 is 0. The van der Waals surface area contributed by atoms with Crippen molar-refractivity contribution < 1.29 is 57.3 Å². The van der Waals surface area contributed by atoms with Gasteiger partial charge >= 0.3 is 23.9 Å². The zero-order chi connectivity index (χ0) is 55.0. The summed E-state index contributed by atoms with van der Waals surface area (Å²) in [4.78, 5) is 122. The summed E-state index contributed by atoms with van der Waals surface area (Å²) in [7, 11) is 5.62. The first-order valence-corrected chi connectivity index (χ1v) is 25.9. The fraction of sp³-hybridized carbons (Fsp3) is 0.552. The van der Waals surface area contributed by atoms with Gasteiger partial charge in [0.1, 0.15) is 24.2 Å². The van der Waals surface area contributed by atoms with Crippen LogP contribution >= 0.6 is 0 Å². The van der Waals surface area contributed by atoms with Crippen LogP contribution in [0, 0.1) is 23.7 Å². The molecule has 8 atom stereocenters. The van der Waals surface area contributed by atoms with Gasteiger partial charge in [-0.15, -0.1) is 0 Å². The van der Waals surface area contributed by atoms with Crippen LogP contribution < -0.4 is 0 Å². The van der Waals surface area contributed by atoms with Gasteiger partial charge in [-0.05, 0) is 73.0 Å². The normalized spacial score (nSPS) is 24.1. The highest BCUT2D eigenvalue weighted by Crippen LogP contribution is 2.25. The van der Waals surface area contributed by atoms with Crippen LogP contribution in [0.15, 0.2) is 91.0 Å². The minimum absolute atomic E-state index is 0.0879. The van der Waals surface area contributed by atoms with E-state index in [9.17, 15) is 33.6 Å². The fourth-order valence-electron chi connectivity index (χ4n) is 9.00. The Bertz CT molecular complexity index is 2290. The maximum atomic E-state index is 15.0. The van der Waals surface area contributed by atoms with Gasteiger partial charge in [0.15, 0.2) is 24.4 Å². The lowest BCUT2D eigenvalue weighted by molar-refractivity contribution is -0.176. The van der Waals surface area contributed by atoms with E-state index in [2.05, 4.69) is 0 Å². The molecule has 0 unspecified atom stereocenters. The van der Waals surface area contributed by atoms with E-state index < -0.39 is 96.1 Å². The highest BCUT2D eigenvalue weighted by molar-refractivity contribution is 5.94. The highest BCUT2D eigenvalue weighted by atomic mass is 16.6. The predicted molar refractivity (Wildman–Crippen MR) is 280 cm³/mol. The predicted octanol–water partition coefficient (Wildman–Crippen LogP) is 6.89. The Kier molecular flexibility index (Phi) is 22.8. The first-order valence-electron chi connectivity index (χ1n) is 25.9. The average Bonchev–Trinajstić information content (AvgIpc) is 3.35. The highest BCUT2D eigenvalue weighted by Gasteiger charge is 2.43. The van der Waals surface area contributed by atoms with Gasteiger partial charge in [-0.2, -0.15) is 0 Å². The second-order valence-electron chi connectivity index (χ2n) is 21.3. The number of carbonyl (C=O) groups is 8. The second-order valence-corrected chi connectivity index (χ2v) is 21.3. The molecule has 3 aromatic rings. The van der Waals surface area contributed by atoms with Gasteiger partial charge in [0.05, 0.1) is 0 Å². The number of nitrogens with zero attached hydrogens (tertiary/aromatic N) is 4. The van der Waals surface area contributed by atoms with E-state index in [0.717, 1.165) is 9.80 Å². The summed E-state index contributed by atoms with van der Waals surface area (Å²) in [5.41, 5.74) is 1.93. The lowest BCUT2D eigenvalue weighted by atomic mass is 9.99. The number of hydrogen-bond donors (Lipinski definition) is 0. The van der Waals surface area contributed by atoms with E-state index in [-0.39, 0.29) is 68.6 Å². The van der Waals surface area contributed by atoms with Crippen LogP contribution in [-0.2, 0) is 76.6 Å². The third kappa shape index (κ3) is 17.3. The van der Waals surface area contributed by atoms with Gasteiger partial charge in [-0.25, -0.2) is 19.2 Å². The van der Waals surface area contributed by atoms with Crippen molar-refractivity contribution in [2.45, 2.75) is 156 Å². The topological polar surface area (TPSA) is 186 Å². The van der Waals surface area contributed by atoms with Gasteiger partial charge < -0.3 is 38.5 Å². The van der Waals surface area contributed by atoms with Crippen molar-refractivity contribution in [2.75, 3.05) is 28.2 Å². The molecule has 4 rings (SSSR count). The molecule has 0 aromatic heterocycles. The minimum atomic E-state index is -1.51. The molecule has 1 saturated heterocycles. The van der Waals surface area contributed by atoms with Crippen molar-refractivity contribution in [3.05, 3.63) is 108 Å². The number of cyclic esters (lactones) is 4. The van der Waals surface area contributed by atoms with Crippen molar-refractivity contribution >= 4 is 47.5 Å². The van der Waals surface area contributed by atoms with Gasteiger partial charge in [0.25, 0.3) is 23.6 Å². The molecular formula is C58H80N4O12. The smallest absolute Gasteiger partial charge is 0.329 e. The molecule has 0 aliphatic carbocycles. The number of likely N-dealkylation sites (N-methyl/N-ethyl adjacent to an activating group) is 4. The van der Waals surface area contributed by atoms with Crippen LogP contribution in [0.1, 0.15) is 105 Å². The number of ether oxygens (including phenoxy) is 4. The number of hydrogen-bond acceptors (Lipinski definition) is 12. The third-order valence-corrected chi connectivity index (χ3v) is 13.2. The Labute approximate surface area is 438 Å². The van der Waals surface area contributed by atoms with Gasteiger partial charge in [-0.1, -0.05) is 146 Å². The molecule has 16 nitrogen and oxygen atoms in total. The van der Waals surface area contributed by atoms with Crippen LogP contribution in [0.2, 0.25) is 0 Å². The van der Waals surface area contributed by atoms with E-state index in [1.54, 1.807) is 91.0 Å². The molecule has 1 aliphatic heterocycles. The molecule has 4 amide bonds. The van der Waals surface area contributed by atoms with Crippen molar-refractivity contribution in [1.29, 1.82) is 0 Å². The zero-order valence-corrected chi connectivity index (χ0v) is 45.7. The Morgan fingerprint density at radius 3 is 0.797 bits per heavy atom. The number of rotatable bonds is 14. The Balaban J connectivity index is 1.94. The van der Waals surface area contributed by atoms with Crippen LogP contribution in [0.25, 0.3) is 0 Å². The summed E-state index contributed by atoms with van der Waals surface area (Å²) < 4.78 is 24.4. The molecule has 1 aliphatic rings. The van der Waals surface area contributed by atoms with E-state index in [0.29, 0.717) is 16.7 Å². The second kappa shape index (κ2) is 28.2. The maximum Gasteiger partial charge on any atom is 0.329 e. The molecule has 0 bridgehead atoms. The molecule has 16 heteroatoms. The van der Waals surface area contributed by atoms with Gasteiger partial charge in [0, 0.05) is 47.5 Å². The fourth-order valence-corrected chi connectivity index (χ4v) is 9.00. The van der Waals surface area contributed by atoms with Crippen LogP contribution in [0.5, 0.6) is 0 Å². The SMILES string of the molecule is CC(C)C[C@H]1C(=O)O[C@H](Cc2ccccc2)C(=O)N(C)[C@@H](CC(C)C)C(=O)O[C@H](Cc2ccccc2)C(=O)N(C)[C@@H](CC(C)C)C(=O)O[C@H](Cc2ccccc2)C(=O)N(C)[C@@H](CC(C)C)C(=O)O[C@H](C)C(=O)N1C. The summed E-state index contributed by atoms with van der Waals surface area (Å²) in [6.45, 7) is 16.2. The molecule has 0 N–H and O–H groups in total. The van der Waals surface area contributed by atoms with E-state index >= 15 is 4.79 Å². The molecule has 74 heavy (non-hydrogen) atoms. The molecule has 404 valence electrons. The number of esters is 4. The van der Waals surface area contributed by atoms with Crippen LogP contribution in [0.3, 0.4) is 0 Å². The minimum Gasteiger partial charge on any atom is -0.451 e. The number of amides is 4. The Morgan fingerprint density at radius 2 is 0.568 bits per heavy atom. The Morgan fingerprint density at radius 1 is 0.351 bits per heavy atom. The van der Waals surface area contributed by atoms with E-state index in [4.69, 9.17) is 18.9 Å².